The van der Waals surface area contributed by atoms with E-state index in [2.05, 4.69) is 29.6 Å². The maximum atomic E-state index is 13.2. The molecule has 29 heavy (non-hydrogen) atoms. The summed E-state index contributed by atoms with van der Waals surface area (Å²) in [6.07, 6.45) is 2.91. The molecular weight excluding hydrogens is 364 g/mol. The molecule has 5 heteroatoms. The Bertz CT molecular complexity index is 879. The summed E-state index contributed by atoms with van der Waals surface area (Å²) < 4.78 is 6.12. The number of ether oxygens (including phenoxy) is 1. The maximum Gasteiger partial charge on any atom is 0.254 e. The molecule has 0 aromatic heterocycles. The van der Waals surface area contributed by atoms with Gasteiger partial charge >= 0.3 is 0 Å². The van der Waals surface area contributed by atoms with E-state index < -0.39 is 5.60 Å². The summed E-state index contributed by atoms with van der Waals surface area (Å²) in [6.45, 7) is 3.07. The van der Waals surface area contributed by atoms with Crippen molar-refractivity contribution in [1.82, 2.24) is 10.2 Å². The SMILES string of the molecule is CCC(=O)N1CCOC(Cc2cccc(-c3ccccc3)c2)(C(=O)NC2CC2)C1. The van der Waals surface area contributed by atoms with E-state index >= 15 is 0 Å². The zero-order valence-corrected chi connectivity index (χ0v) is 16.9. The Hall–Kier alpha value is -2.66. The third-order valence-electron chi connectivity index (χ3n) is 5.69. The van der Waals surface area contributed by atoms with Gasteiger partial charge in [-0.1, -0.05) is 61.5 Å². The lowest BCUT2D eigenvalue weighted by Gasteiger charge is -2.41. The normalized spacial score (nSPS) is 21.6. The fraction of sp³-hybridized carbons (Fsp3) is 0.417. The van der Waals surface area contributed by atoms with E-state index in [1.54, 1.807) is 4.90 Å². The zero-order chi connectivity index (χ0) is 20.3. The van der Waals surface area contributed by atoms with Crippen LogP contribution in [0.15, 0.2) is 54.6 Å². The zero-order valence-electron chi connectivity index (χ0n) is 16.9. The molecule has 1 aliphatic carbocycles. The lowest BCUT2D eigenvalue weighted by molar-refractivity contribution is -0.166. The third-order valence-corrected chi connectivity index (χ3v) is 5.69. The van der Waals surface area contributed by atoms with Crippen LogP contribution in [0.25, 0.3) is 11.1 Å². The smallest absolute Gasteiger partial charge is 0.254 e. The number of carbonyl (C=O) groups is 2. The van der Waals surface area contributed by atoms with Crippen molar-refractivity contribution in [1.29, 1.82) is 0 Å². The molecule has 2 amide bonds. The number of morpholine rings is 1. The van der Waals surface area contributed by atoms with Crippen molar-refractivity contribution < 1.29 is 14.3 Å². The molecule has 1 N–H and O–H groups in total. The summed E-state index contributed by atoms with van der Waals surface area (Å²) in [5.74, 6) is -0.0337. The molecular formula is C24H28N2O3. The molecule has 152 valence electrons. The van der Waals surface area contributed by atoms with E-state index in [1.165, 1.54) is 0 Å². The van der Waals surface area contributed by atoms with E-state index in [9.17, 15) is 9.59 Å². The second kappa shape index (κ2) is 8.37. The van der Waals surface area contributed by atoms with Crippen molar-refractivity contribution in [3.05, 3.63) is 60.2 Å². The predicted octanol–water partition coefficient (Wildman–Crippen LogP) is 3.18. The number of nitrogens with one attached hydrogen (secondary N) is 1. The van der Waals surface area contributed by atoms with Gasteiger partial charge in [0.25, 0.3) is 5.91 Å². The minimum absolute atomic E-state index is 0.0648. The van der Waals surface area contributed by atoms with Crippen LogP contribution >= 0.6 is 0 Å². The fourth-order valence-corrected chi connectivity index (χ4v) is 3.91. The van der Waals surface area contributed by atoms with Gasteiger partial charge in [0.1, 0.15) is 0 Å². The Kier molecular flexibility index (Phi) is 5.67. The standard InChI is InChI=1S/C24H28N2O3/c1-2-22(27)26-13-14-29-24(17-26,23(28)25-21-11-12-21)16-18-7-6-10-20(15-18)19-8-4-3-5-9-19/h3-10,15,21H,2,11-14,16-17H2,1H3,(H,25,28). The summed E-state index contributed by atoms with van der Waals surface area (Å²) in [5.41, 5.74) is 2.24. The van der Waals surface area contributed by atoms with Gasteiger partial charge in [0.2, 0.25) is 5.91 Å². The number of rotatable bonds is 6. The Labute approximate surface area is 172 Å². The lowest BCUT2D eigenvalue weighted by atomic mass is 9.89. The van der Waals surface area contributed by atoms with Gasteiger partial charge in [0.05, 0.1) is 13.2 Å². The van der Waals surface area contributed by atoms with Crippen LogP contribution in [-0.2, 0) is 20.7 Å². The predicted molar refractivity (Wildman–Crippen MR) is 112 cm³/mol. The summed E-state index contributed by atoms with van der Waals surface area (Å²) >= 11 is 0. The minimum atomic E-state index is -1.04. The average molecular weight is 392 g/mol. The van der Waals surface area contributed by atoms with Crippen molar-refractivity contribution in [3.63, 3.8) is 0 Å². The van der Waals surface area contributed by atoms with E-state index in [4.69, 9.17) is 4.74 Å². The molecule has 2 aromatic carbocycles. The molecule has 0 spiro atoms. The molecule has 2 fully saturated rings. The fourth-order valence-electron chi connectivity index (χ4n) is 3.91. The van der Waals surface area contributed by atoms with Crippen molar-refractivity contribution >= 4 is 11.8 Å². The van der Waals surface area contributed by atoms with Crippen molar-refractivity contribution in [2.45, 2.75) is 44.2 Å². The van der Waals surface area contributed by atoms with Gasteiger partial charge in [-0.25, -0.2) is 0 Å². The first-order valence-corrected chi connectivity index (χ1v) is 10.5. The van der Waals surface area contributed by atoms with Crippen LogP contribution in [0.1, 0.15) is 31.7 Å². The number of hydrogen-bond donors (Lipinski definition) is 1. The highest BCUT2D eigenvalue weighted by atomic mass is 16.5. The minimum Gasteiger partial charge on any atom is -0.361 e. The second-order valence-electron chi connectivity index (χ2n) is 8.00. The Morgan fingerprint density at radius 1 is 1.10 bits per heavy atom. The number of nitrogens with zero attached hydrogens (tertiary/aromatic N) is 1. The highest BCUT2D eigenvalue weighted by Crippen LogP contribution is 2.29. The molecule has 1 saturated heterocycles. The highest BCUT2D eigenvalue weighted by Gasteiger charge is 2.46. The van der Waals surface area contributed by atoms with Gasteiger partial charge in [-0.15, -0.1) is 0 Å². The molecule has 5 nitrogen and oxygen atoms in total. The first-order chi connectivity index (χ1) is 14.1. The molecule has 4 rings (SSSR count). The molecule has 1 atom stereocenters. The first-order valence-electron chi connectivity index (χ1n) is 10.5. The van der Waals surface area contributed by atoms with E-state index in [0.717, 1.165) is 29.5 Å². The second-order valence-corrected chi connectivity index (χ2v) is 8.00. The Balaban J connectivity index is 1.61. The van der Waals surface area contributed by atoms with E-state index in [1.807, 2.05) is 37.3 Å². The third kappa shape index (κ3) is 4.51. The van der Waals surface area contributed by atoms with Crippen LogP contribution in [-0.4, -0.2) is 48.1 Å². The molecule has 0 radical (unpaired) electrons. The molecule has 0 bridgehead atoms. The molecule has 1 heterocycles. The van der Waals surface area contributed by atoms with Gasteiger partial charge in [-0.05, 0) is 29.5 Å². The Morgan fingerprint density at radius 3 is 2.59 bits per heavy atom. The summed E-state index contributed by atoms with van der Waals surface area (Å²) in [7, 11) is 0. The van der Waals surface area contributed by atoms with E-state index in [-0.39, 0.29) is 17.9 Å². The van der Waals surface area contributed by atoms with Crippen LogP contribution in [0.4, 0.5) is 0 Å². The van der Waals surface area contributed by atoms with Crippen LogP contribution in [0.2, 0.25) is 0 Å². The van der Waals surface area contributed by atoms with Gasteiger partial charge < -0.3 is 15.0 Å². The van der Waals surface area contributed by atoms with Gasteiger partial charge in [-0.3, -0.25) is 9.59 Å². The van der Waals surface area contributed by atoms with Crippen LogP contribution in [0.3, 0.4) is 0 Å². The van der Waals surface area contributed by atoms with Crippen molar-refractivity contribution in [3.8, 4) is 11.1 Å². The van der Waals surface area contributed by atoms with Crippen LogP contribution in [0.5, 0.6) is 0 Å². The van der Waals surface area contributed by atoms with Crippen LogP contribution < -0.4 is 5.32 Å². The number of hydrogen-bond acceptors (Lipinski definition) is 3. The first kappa shape index (κ1) is 19.6. The van der Waals surface area contributed by atoms with Gasteiger partial charge in [-0.2, -0.15) is 0 Å². The molecule has 1 unspecified atom stereocenters. The summed E-state index contributed by atoms with van der Waals surface area (Å²) in [4.78, 5) is 27.3. The molecule has 1 aliphatic heterocycles. The largest absolute Gasteiger partial charge is 0.361 e. The maximum absolute atomic E-state index is 13.2. The quantitative estimate of drug-likeness (QED) is 0.821. The van der Waals surface area contributed by atoms with Crippen molar-refractivity contribution in [2.24, 2.45) is 0 Å². The summed E-state index contributed by atoms with van der Waals surface area (Å²) in [6, 6.07) is 18.7. The van der Waals surface area contributed by atoms with Crippen molar-refractivity contribution in [2.75, 3.05) is 19.7 Å². The number of benzene rings is 2. The van der Waals surface area contributed by atoms with Gasteiger partial charge in [0, 0.05) is 25.4 Å². The molecule has 2 aromatic rings. The van der Waals surface area contributed by atoms with E-state index in [0.29, 0.717) is 32.5 Å². The topological polar surface area (TPSA) is 58.6 Å². The van der Waals surface area contributed by atoms with Gasteiger partial charge in [0.15, 0.2) is 5.60 Å². The molecule has 2 aliphatic rings. The summed E-state index contributed by atoms with van der Waals surface area (Å²) in [5, 5.41) is 3.11. The Morgan fingerprint density at radius 2 is 1.86 bits per heavy atom. The highest BCUT2D eigenvalue weighted by molar-refractivity contribution is 5.88. The van der Waals surface area contributed by atoms with Crippen LogP contribution in [0, 0.1) is 0 Å². The lowest BCUT2D eigenvalue weighted by Crippen LogP contribution is -2.62. The monoisotopic (exact) mass is 392 g/mol. The number of amides is 2. The average Bonchev–Trinajstić information content (AvgIpc) is 3.58. The molecule has 1 saturated carbocycles. The number of carbonyl (C=O) groups excluding carboxylic acids is 2.